The highest BCUT2D eigenvalue weighted by Crippen LogP contribution is 2.13. The molecule has 0 aromatic rings. The average Bonchev–Trinajstić information content (AvgIpc) is 3.07. The third-order valence-electron chi connectivity index (χ3n) is 6.10. The van der Waals surface area contributed by atoms with Crippen LogP contribution in [-0.2, 0) is 28.7 Å². The van der Waals surface area contributed by atoms with Gasteiger partial charge in [0.2, 0.25) is 5.91 Å². The lowest BCUT2D eigenvalue weighted by molar-refractivity contribution is -0.137. The van der Waals surface area contributed by atoms with Crippen molar-refractivity contribution in [2.75, 3.05) is 39.6 Å². The Morgan fingerprint density at radius 1 is 0.711 bits per heavy atom. The Morgan fingerprint density at radius 2 is 1.16 bits per heavy atom. The van der Waals surface area contributed by atoms with Crippen LogP contribution in [0.25, 0.3) is 0 Å². The van der Waals surface area contributed by atoms with Crippen LogP contribution in [0.4, 0.5) is 0 Å². The summed E-state index contributed by atoms with van der Waals surface area (Å²) in [5.74, 6) is -0.706. The van der Waals surface area contributed by atoms with Crippen LogP contribution in [0.5, 0.6) is 0 Å². The number of carboxylic acids is 1. The van der Waals surface area contributed by atoms with Crippen LogP contribution in [0.2, 0.25) is 0 Å². The van der Waals surface area contributed by atoms with Crippen LogP contribution in [0, 0.1) is 0 Å². The topological polar surface area (TPSA) is 151 Å². The number of ether oxygens (including phenoxy) is 2. The first-order chi connectivity index (χ1) is 22.0. The van der Waals surface area contributed by atoms with Crippen molar-refractivity contribution in [2.45, 2.75) is 150 Å². The summed E-state index contributed by atoms with van der Waals surface area (Å²) in [5, 5.41) is 24.3. The summed E-state index contributed by atoms with van der Waals surface area (Å²) in [4.78, 5) is 40.8. The first-order valence-electron chi connectivity index (χ1n) is 17.4. The summed E-state index contributed by atoms with van der Waals surface area (Å²) in [5.41, 5.74) is 0.837. The van der Waals surface area contributed by atoms with Crippen LogP contribution in [0.3, 0.4) is 0 Å². The number of carbonyl (C=O) groups is 4. The molecular formula is C35H72N2O8. The standard InChI is InChI=1S/C28H52N2O7.3C2H6.CH2O/c1-25(29-18-20-36-22-23-37-21-19-31)16-17-26(24-32)30-27(33)14-12-10-8-6-4-2-3-5-7-9-11-13-15-28(34)35;4*1-2/h19,26,29,32H,1-18,20-24H2,(H,30,33)(H,34,35);3*1-2H3;1H2. The molecule has 0 heterocycles. The van der Waals surface area contributed by atoms with E-state index < -0.39 is 5.97 Å². The number of carbonyl (C=O) groups excluding carboxylic acids is 3. The predicted octanol–water partition coefficient (Wildman–Crippen LogP) is 7.02. The van der Waals surface area contributed by atoms with E-state index in [0.717, 1.165) is 44.2 Å². The van der Waals surface area contributed by atoms with Crippen LogP contribution < -0.4 is 10.6 Å². The average molecular weight is 649 g/mol. The number of carboxylic acid groups (broad SMARTS) is 1. The molecule has 10 heteroatoms. The Kier molecular flexibility index (Phi) is 59.5. The van der Waals surface area contributed by atoms with Crippen molar-refractivity contribution in [1.82, 2.24) is 10.6 Å². The maximum Gasteiger partial charge on any atom is 0.303 e. The molecular weight excluding hydrogens is 576 g/mol. The van der Waals surface area contributed by atoms with Crippen LogP contribution in [0.1, 0.15) is 144 Å². The van der Waals surface area contributed by atoms with Crippen LogP contribution in [-0.4, -0.2) is 80.8 Å². The lowest BCUT2D eigenvalue weighted by Crippen LogP contribution is -2.37. The van der Waals surface area contributed by atoms with Gasteiger partial charge in [-0.25, -0.2) is 0 Å². The van der Waals surface area contributed by atoms with Crippen molar-refractivity contribution in [3.63, 3.8) is 0 Å². The molecule has 0 fully saturated rings. The van der Waals surface area contributed by atoms with Gasteiger partial charge < -0.3 is 39.9 Å². The molecule has 0 aliphatic carbocycles. The van der Waals surface area contributed by atoms with Gasteiger partial charge in [-0.1, -0.05) is 112 Å². The number of hydrogen-bond donors (Lipinski definition) is 4. The minimum Gasteiger partial charge on any atom is -0.481 e. The number of rotatable bonds is 29. The van der Waals surface area contributed by atoms with Gasteiger partial charge in [-0.3, -0.25) is 9.59 Å². The van der Waals surface area contributed by atoms with Crippen molar-refractivity contribution < 1.29 is 38.9 Å². The van der Waals surface area contributed by atoms with Crippen molar-refractivity contribution in [2.24, 2.45) is 0 Å². The fourth-order valence-corrected chi connectivity index (χ4v) is 3.93. The van der Waals surface area contributed by atoms with Gasteiger partial charge in [-0.05, 0) is 25.7 Å². The number of hydrogen-bond acceptors (Lipinski definition) is 8. The summed E-state index contributed by atoms with van der Waals surface area (Å²) >= 11 is 0. The first-order valence-corrected chi connectivity index (χ1v) is 17.4. The highest BCUT2D eigenvalue weighted by Gasteiger charge is 2.11. The van der Waals surface area contributed by atoms with E-state index in [1.807, 2.05) is 48.3 Å². The molecule has 0 aromatic carbocycles. The van der Waals surface area contributed by atoms with E-state index in [1.165, 1.54) is 38.5 Å². The molecule has 0 aliphatic rings. The number of amides is 1. The molecule has 0 spiro atoms. The number of unbranched alkanes of at least 4 members (excludes halogenated alkanes) is 11. The van der Waals surface area contributed by atoms with E-state index >= 15 is 0 Å². The zero-order chi connectivity index (χ0) is 35.4. The molecule has 0 bridgehead atoms. The number of aliphatic carboxylic acids is 1. The maximum atomic E-state index is 12.2. The van der Waals surface area contributed by atoms with Gasteiger partial charge in [0.15, 0.2) is 0 Å². The number of allylic oxidation sites excluding steroid dienone is 1. The number of nitrogens with one attached hydrogen (secondary N) is 2. The minimum atomic E-state index is -0.697. The van der Waals surface area contributed by atoms with E-state index in [2.05, 4.69) is 17.2 Å². The first kappa shape index (κ1) is 52.2. The minimum absolute atomic E-state index is 0.00817. The molecule has 4 N–H and O–H groups in total. The molecule has 0 saturated heterocycles. The zero-order valence-electron chi connectivity index (χ0n) is 30.0. The van der Waals surface area contributed by atoms with Crippen molar-refractivity contribution in [1.29, 1.82) is 0 Å². The third kappa shape index (κ3) is 51.6. The molecule has 10 nitrogen and oxygen atoms in total. The predicted molar refractivity (Wildman–Crippen MR) is 187 cm³/mol. The summed E-state index contributed by atoms with van der Waals surface area (Å²) in [7, 11) is 0. The Balaban J connectivity index is -0.000000612. The molecule has 1 atom stereocenters. The van der Waals surface area contributed by atoms with Crippen molar-refractivity contribution >= 4 is 25.0 Å². The van der Waals surface area contributed by atoms with E-state index in [-0.39, 0.29) is 25.2 Å². The monoisotopic (exact) mass is 649 g/mol. The molecule has 45 heavy (non-hydrogen) atoms. The second kappa shape index (κ2) is 51.3. The largest absolute Gasteiger partial charge is 0.481 e. The smallest absolute Gasteiger partial charge is 0.303 e. The second-order valence-electron chi connectivity index (χ2n) is 9.51. The van der Waals surface area contributed by atoms with E-state index in [9.17, 15) is 19.5 Å². The highest BCUT2D eigenvalue weighted by molar-refractivity contribution is 5.76. The summed E-state index contributed by atoms with van der Waals surface area (Å²) in [6.45, 7) is 19.9. The Hall–Kier alpha value is -2.30. The van der Waals surface area contributed by atoms with Gasteiger partial charge in [0.25, 0.3) is 0 Å². The maximum absolute atomic E-state index is 12.2. The molecule has 0 rings (SSSR count). The number of aliphatic hydroxyl groups is 1. The van der Waals surface area contributed by atoms with Gasteiger partial charge in [-0.2, -0.15) is 0 Å². The Labute approximate surface area is 276 Å². The Bertz CT molecular complexity index is 606. The van der Waals surface area contributed by atoms with Crippen molar-refractivity contribution in [3.8, 4) is 0 Å². The third-order valence-corrected chi connectivity index (χ3v) is 6.10. The van der Waals surface area contributed by atoms with Gasteiger partial charge in [0.05, 0.1) is 32.5 Å². The lowest BCUT2D eigenvalue weighted by Gasteiger charge is -2.17. The van der Waals surface area contributed by atoms with Gasteiger partial charge in [0, 0.05) is 25.1 Å². The van der Waals surface area contributed by atoms with Crippen molar-refractivity contribution in [3.05, 3.63) is 12.3 Å². The molecule has 1 unspecified atom stereocenters. The summed E-state index contributed by atoms with van der Waals surface area (Å²) in [6.07, 6.45) is 16.1. The quantitative estimate of drug-likeness (QED) is 0.0495. The summed E-state index contributed by atoms with van der Waals surface area (Å²) < 4.78 is 10.4. The van der Waals surface area contributed by atoms with Gasteiger partial charge in [-0.15, -0.1) is 0 Å². The summed E-state index contributed by atoms with van der Waals surface area (Å²) in [6, 6.07) is -0.269. The highest BCUT2D eigenvalue weighted by atomic mass is 16.5. The molecule has 270 valence electrons. The SMILES string of the molecule is C=C(CCC(CO)NC(=O)CCCCCCCCCCCCCCC(=O)O)NCCOCCOCC=O.C=O.CC.CC.CC. The molecule has 0 saturated carbocycles. The normalized spacial score (nSPS) is 10.1. The van der Waals surface area contributed by atoms with E-state index in [0.29, 0.717) is 58.3 Å². The lowest BCUT2D eigenvalue weighted by atomic mass is 10.0. The van der Waals surface area contributed by atoms with Crippen LogP contribution in [0.15, 0.2) is 12.3 Å². The fourth-order valence-electron chi connectivity index (χ4n) is 3.93. The number of aliphatic hydroxyl groups excluding tert-OH is 1. The van der Waals surface area contributed by atoms with Gasteiger partial charge in [0.1, 0.15) is 19.7 Å². The molecule has 0 aromatic heterocycles. The van der Waals surface area contributed by atoms with Gasteiger partial charge >= 0.3 is 5.97 Å². The van der Waals surface area contributed by atoms with E-state index in [4.69, 9.17) is 19.4 Å². The molecule has 0 aliphatic heterocycles. The zero-order valence-corrected chi connectivity index (χ0v) is 30.0. The second-order valence-corrected chi connectivity index (χ2v) is 9.51. The molecule has 1 amide bonds. The molecule has 0 radical (unpaired) electrons. The fraction of sp³-hybridized carbons (Fsp3) is 0.829. The van der Waals surface area contributed by atoms with Crippen LogP contribution >= 0.6 is 0 Å². The van der Waals surface area contributed by atoms with E-state index in [1.54, 1.807) is 0 Å². The Morgan fingerprint density at radius 3 is 1.60 bits per heavy atom. The number of aldehydes is 1.